The maximum atomic E-state index is 5.99. The normalized spacial score (nSPS) is 25.2. The zero-order valence-corrected chi connectivity index (χ0v) is 12.4. The van der Waals surface area contributed by atoms with Crippen molar-refractivity contribution in [1.29, 1.82) is 0 Å². The number of allylic oxidation sites excluding steroid dienone is 2. The molecule has 0 aliphatic heterocycles. The molecule has 2 atom stereocenters. The molecule has 2 N–H and O–H groups in total. The largest absolute Gasteiger partial charge is 0.349 e. The predicted molar refractivity (Wildman–Crippen MR) is 85.2 cm³/mol. The molecule has 1 aromatic carbocycles. The van der Waals surface area contributed by atoms with Crippen molar-refractivity contribution in [2.75, 3.05) is 5.32 Å². The number of H-pyrrole nitrogens is 1. The highest BCUT2D eigenvalue weighted by atomic mass is 35.5. The Kier molecular flexibility index (Phi) is 3.30. The van der Waals surface area contributed by atoms with Gasteiger partial charge in [-0.05, 0) is 24.6 Å². The molecule has 1 heterocycles. The second-order valence-electron chi connectivity index (χ2n) is 5.47. The van der Waals surface area contributed by atoms with E-state index in [9.17, 15) is 0 Å². The number of aromatic amines is 1. The van der Waals surface area contributed by atoms with E-state index in [0.29, 0.717) is 5.02 Å². The van der Waals surface area contributed by atoms with Crippen LogP contribution in [0.15, 0.2) is 42.5 Å². The number of imidazole rings is 1. The minimum atomic E-state index is 0.103. The Hall–Kier alpha value is -1.74. The smallest absolute Gasteiger partial charge is 0.201 e. The van der Waals surface area contributed by atoms with E-state index >= 15 is 0 Å². The molecule has 0 radical (unpaired) electrons. The summed E-state index contributed by atoms with van der Waals surface area (Å²) in [5.74, 6) is 0.784. The van der Waals surface area contributed by atoms with Crippen LogP contribution in [0.5, 0.6) is 0 Å². The van der Waals surface area contributed by atoms with E-state index in [1.54, 1.807) is 0 Å². The van der Waals surface area contributed by atoms with E-state index in [2.05, 4.69) is 53.4 Å². The first-order valence-corrected chi connectivity index (χ1v) is 7.26. The van der Waals surface area contributed by atoms with Crippen molar-refractivity contribution in [3.05, 3.63) is 47.5 Å². The summed E-state index contributed by atoms with van der Waals surface area (Å²) >= 11 is 5.99. The van der Waals surface area contributed by atoms with Crippen LogP contribution >= 0.6 is 11.6 Å². The van der Waals surface area contributed by atoms with Gasteiger partial charge in [-0.2, -0.15) is 0 Å². The summed E-state index contributed by atoms with van der Waals surface area (Å²) in [5.41, 5.74) is 1.98. The summed E-state index contributed by atoms with van der Waals surface area (Å²) in [4.78, 5) is 7.85. The van der Waals surface area contributed by atoms with E-state index in [0.717, 1.165) is 23.4 Å². The summed E-state index contributed by atoms with van der Waals surface area (Å²) in [7, 11) is 0. The Morgan fingerprint density at radius 2 is 2.25 bits per heavy atom. The molecule has 0 spiro atoms. The molecule has 0 amide bonds. The second kappa shape index (κ2) is 4.98. The van der Waals surface area contributed by atoms with Gasteiger partial charge in [0.1, 0.15) is 0 Å². The quantitative estimate of drug-likeness (QED) is 0.870. The van der Waals surface area contributed by atoms with Crippen LogP contribution in [0.1, 0.15) is 20.3 Å². The monoisotopic (exact) mass is 287 g/mol. The molecular weight excluding hydrogens is 270 g/mol. The van der Waals surface area contributed by atoms with E-state index in [1.165, 1.54) is 0 Å². The molecule has 0 fully saturated rings. The summed E-state index contributed by atoms with van der Waals surface area (Å²) in [6.45, 7) is 4.46. The van der Waals surface area contributed by atoms with Crippen molar-refractivity contribution in [2.45, 2.75) is 26.3 Å². The summed E-state index contributed by atoms with van der Waals surface area (Å²) in [6.07, 6.45) is 9.69. The third-order valence-electron chi connectivity index (χ3n) is 4.10. The molecule has 1 aliphatic rings. The number of benzene rings is 1. The van der Waals surface area contributed by atoms with Crippen molar-refractivity contribution in [2.24, 2.45) is 5.41 Å². The van der Waals surface area contributed by atoms with E-state index in [4.69, 9.17) is 11.6 Å². The lowest BCUT2D eigenvalue weighted by Gasteiger charge is -2.34. The molecule has 0 saturated carbocycles. The first-order chi connectivity index (χ1) is 9.60. The Morgan fingerprint density at radius 1 is 1.40 bits per heavy atom. The number of anilines is 1. The van der Waals surface area contributed by atoms with Crippen molar-refractivity contribution in [3.63, 3.8) is 0 Å². The SMILES string of the molecule is CCC1(C)C=CC=CC1Nc1nc2cc(Cl)ccc2[nH]1. The average Bonchev–Trinajstić information content (AvgIpc) is 2.83. The van der Waals surface area contributed by atoms with Crippen LogP contribution in [0, 0.1) is 5.41 Å². The van der Waals surface area contributed by atoms with Crippen molar-refractivity contribution < 1.29 is 0 Å². The molecule has 104 valence electrons. The highest BCUT2D eigenvalue weighted by Crippen LogP contribution is 2.33. The highest BCUT2D eigenvalue weighted by Gasteiger charge is 2.30. The van der Waals surface area contributed by atoms with Crippen LogP contribution in [0.2, 0.25) is 5.02 Å². The van der Waals surface area contributed by atoms with Gasteiger partial charge >= 0.3 is 0 Å². The van der Waals surface area contributed by atoms with E-state index < -0.39 is 0 Å². The highest BCUT2D eigenvalue weighted by molar-refractivity contribution is 6.31. The van der Waals surface area contributed by atoms with E-state index in [-0.39, 0.29) is 11.5 Å². The predicted octanol–water partition coefficient (Wildman–Crippen LogP) is 4.54. The number of hydrogen-bond acceptors (Lipinski definition) is 2. The number of rotatable bonds is 3. The summed E-state index contributed by atoms with van der Waals surface area (Å²) in [5, 5.41) is 4.19. The molecular formula is C16H18ClN3. The van der Waals surface area contributed by atoms with Gasteiger partial charge in [0.25, 0.3) is 0 Å². The molecule has 4 heteroatoms. The van der Waals surface area contributed by atoms with Crippen molar-refractivity contribution >= 4 is 28.6 Å². The summed E-state index contributed by atoms with van der Waals surface area (Å²) in [6, 6.07) is 5.92. The van der Waals surface area contributed by atoms with Crippen LogP contribution in [0.4, 0.5) is 5.95 Å². The topological polar surface area (TPSA) is 40.7 Å². The Morgan fingerprint density at radius 3 is 3.05 bits per heavy atom. The zero-order valence-electron chi connectivity index (χ0n) is 11.7. The standard InChI is InChI=1S/C16H18ClN3/c1-3-16(2)9-5-4-6-14(16)20-15-18-12-8-7-11(17)10-13(12)19-15/h4-10,14H,3H2,1-2H3,(H2,18,19,20). The molecule has 2 unspecified atom stereocenters. The molecule has 1 aliphatic carbocycles. The Labute approximate surface area is 123 Å². The fourth-order valence-corrected chi connectivity index (χ4v) is 2.69. The van der Waals surface area contributed by atoms with Gasteiger partial charge in [0, 0.05) is 10.4 Å². The fraction of sp³-hybridized carbons (Fsp3) is 0.312. The van der Waals surface area contributed by atoms with E-state index in [1.807, 2.05) is 18.2 Å². The Balaban J connectivity index is 1.89. The number of hydrogen-bond donors (Lipinski definition) is 2. The lowest BCUT2D eigenvalue weighted by molar-refractivity contribution is 0.379. The molecule has 0 saturated heterocycles. The molecule has 3 rings (SSSR count). The molecule has 1 aromatic heterocycles. The van der Waals surface area contributed by atoms with Gasteiger partial charge in [-0.3, -0.25) is 0 Å². The van der Waals surface area contributed by atoms with Gasteiger partial charge in [0.15, 0.2) is 0 Å². The lowest BCUT2D eigenvalue weighted by atomic mass is 9.77. The van der Waals surface area contributed by atoms with Crippen LogP contribution in [-0.2, 0) is 0 Å². The third-order valence-corrected chi connectivity index (χ3v) is 4.34. The van der Waals surface area contributed by atoms with Gasteiger partial charge < -0.3 is 10.3 Å². The first kappa shape index (κ1) is 13.3. The van der Waals surface area contributed by atoms with Gasteiger partial charge in [0.05, 0.1) is 17.1 Å². The maximum Gasteiger partial charge on any atom is 0.201 e. The number of halogens is 1. The summed E-state index contributed by atoms with van der Waals surface area (Å²) < 4.78 is 0. The maximum absolute atomic E-state index is 5.99. The van der Waals surface area contributed by atoms with Crippen LogP contribution in [-0.4, -0.2) is 16.0 Å². The molecule has 20 heavy (non-hydrogen) atoms. The molecule has 0 bridgehead atoms. The zero-order chi connectivity index (χ0) is 14.2. The van der Waals surface area contributed by atoms with Crippen molar-refractivity contribution in [3.8, 4) is 0 Å². The lowest BCUT2D eigenvalue weighted by Crippen LogP contribution is -2.36. The third kappa shape index (κ3) is 2.34. The van der Waals surface area contributed by atoms with Crippen molar-refractivity contribution in [1.82, 2.24) is 9.97 Å². The van der Waals surface area contributed by atoms with Crippen LogP contribution < -0.4 is 5.32 Å². The fourth-order valence-electron chi connectivity index (χ4n) is 2.52. The number of nitrogens with one attached hydrogen (secondary N) is 2. The van der Waals surface area contributed by atoms with Gasteiger partial charge in [-0.25, -0.2) is 4.98 Å². The van der Waals surface area contributed by atoms with Gasteiger partial charge in [-0.15, -0.1) is 0 Å². The first-order valence-electron chi connectivity index (χ1n) is 6.88. The molecule has 2 aromatic rings. The number of nitrogens with zero attached hydrogens (tertiary/aromatic N) is 1. The van der Waals surface area contributed by atoms with Gasteiger partial charge in [-0.1, -0.05) is 49.8 Å². The second-order valence-corrected chi connectivity index (χ2v) is 5.91. The average molecular weight is 288 g/mol. The number of aromatic nitrogens is 2. The Bertz CT molecular complexity index is 686. The molecule has 3 nitrogen and oxygen atoms in total. The van der Waals surface area contributed by atoms with Crippen LogP contribution in [0.25, 0.3) is 11.0 Å². The van der Waals surface area contributed by atoms with Gasteiger partial charge in [0.2, 0.25) is 5.95 Å². The minimum Gasteiger partial charge on any atom is -0.349 e. The number of fused-ring (bicyclic) bond motifs is 1. The van der Waals surface area contributed by atoms with Crippen LogP contribution in [0.3, 0.4) is 0 Å². The minimum absolute atomic E-state index is 0.103.